The van der Waals surface area contributed by atoms with E-state index in [1.54, 1.807) is 12.4 Å². The van der Waals surface area contributed by atoms with E-state index in [1.807, 2.05) is 12.1 Å². The van der Waals surface area contributed by atoms with E-state index in [4.69, 9.17) is 12.2 Å². The SMILES string of the molecule is S=C(Nc1cccnc1)N[C@@H]1C[C@H]2CC[C@H]1C2. The van der Waals surface area contributed by atoms with Gasteiger partial charge in [-0.1, -0.05) is 6.42 Å². The zero-order valence-electron chi connectivity index (χ0n) is 9.73. The van der Waals surface area contributed by atoms with E-state index < -0.39 is 0 Å². The molecular weight excluding hydrogens is 230 g/mol. The number of fused-ring (bicyclic) bond motifs is 2. The molecule has 0 radical (unpaired) electrons. The van der Waals surface area contributed by atoms with E-state index in [0.717, 1.165) is 22.6 Å². The Labute approximate surface area is 107 Å². The zero-order valence-corrected chi connectivity index (χ0v) is 10.5. The molecule has 3 atom stereocenters. The van der Waals surface area contributed by atoms with Crippen LogP contribution < -0.4 is 10.6 Å². The molecular formula is C13H17N3S. The van der Waals surface area contributed by atoms with E-state index >= 15 is 0 Å². The zero-order chi connectivity index (χ0) is 11.7. The van der Waals surface area contributed by atoms with Crippen molar-refractivity contribution in [3.05, 3.63) is 24.5 Å². The molecule has 90 valence electrons. The molecule has 1 heterocycles. The molecule has 0 aromatic carbocycles. The summed E-state index contributed by atoms with van der Waals surface area (Å²) >= 11 is 5.34. The molecule has 0 aliphatic heterocycles. The molecule has 0 amide bonds. The topological polar surface area (TPSA) is 37.0 Å². The quantitative estimate of drug-likeness (QED) is 0.788. The fourth-order valence-corrected chi connectivity index (χ4v) is 3.46. The highest BCUT2D eigenvalue weighted by molar-refractivity contribution is 7.80. The first-order valence-corrected chi connectivity index (χ1v) is 6.69. The van der Waals surface area contributed by atoms with Crippen molar-refractivity contribution in [2.45, 2.75) is 31.7 Å². The van der Waals surface area contributed by atoms with Crippen molar-refractivity contribution in [3.63, 3.8) is 0 Å². The largest absolute Gasteiger partial charge is 0.359 e. The lowest BCUT2D eigenvalue weighted by atomic mass is 9.96. The Bertz CT molecular complexity index is 406. The standard InChI is InChI=1S/C13H17N3S/c17-13(15-11-2-1-5-14-8-11)16-12-7-9-3-4-10(12)6-9/h1-2,5,8-10,12H,3-4,6-7H2,(H2,15,16,17)/t9-,10-,12+/m0/s1. The summed E-state index contributed by atoms with van der Waals surface area (Å²) in [6.07, 6.45) is 9.03. The molecule has 0 saturated heterocycles. The lowest BCUT2D eigenvalue weighted by molar-refractivity contribution is 0.392. The molecule has 17 heavy (non-hydrogen) atoms. The Morgan fingerprint density at radius 3 is 2.94 bits per heavy atom. The first-order chi connectivity index (χ1) is 8.31. The Morgan fingerprint density at radius 2 is 2.29 bits per heavy atom. The monoisotopic (exact) mass is 247 g/mol. The molecule has 1 aromatic rings. The summed E-state index contributed by atoms with van der Waals surface area (Å²) in [6.45, 7) is 0. The van der Waals surface area contributed by atoms with Gasteiger partial charge in [-0.05, 0) is 55.4 Å². The number of anilines is 1. The fourth-order valence-electron chi connectivity index (χ4n) is 3.19. The summed E-state index contributed by atoms with van der Waals surface area (Å²) in [4.78, 5) is 4.06. The number of hydrogen-bond donors (Lipinski definition) is 2. The van der Waals surface area contributed by atoms with Crippen molar-refractivity contribution < 1.29 is 0 Å². The van der Waals surface area contributed by atoms with Crippen LogP contribution in [-0.2, 0) is 0 Å². The molecule has 3 rings (SSSR count). The molecule has 1 aromatic heterocycles. The molecule has 2 bridgehead atoms. The van der Waals surface area contributed by atoms with Crippen LogP contribution in [0.5, 0.6) is 0 Å². The van der Waals surface area contributed by atoms with Crippen molar-refractivity contribution in [3.8, 4) is 0 Å². The van der Waals surface area contributed by atoms with E-state index in [1.165, 1.54) is 25.7 Å². The minimum atomic E-state index is 0.588. The van der Waals surface area contributed by atoms with Gasteiger partial charge < -0.3 is 10.6 Å². The third kappa shape index (κ3) is 2.41. The average Bonchev–Trinajstić information content (AvgIpc) is 2.92. The summed E-state index contributed by atoms with van der Waals surface area (Å²) in [5.41, 5.74) is 0.952. The Kier molecular flexibility index (Phi) is 2.97. The Hall–Kier alpha value is -1.16. The van der Waals surface area contributed by atoms with Crippen molar-refractivity contribution in [2.75, 3.05) is 5.32 Å². The van der Waals surface area contributed by atoms with Gasteiger partial charge in [0.2, 0.25) is 0 Å². The van der Waals surface area contributed by atoms with Crippen LogP contribution >= 0.6 is 12.2 Å². The molecule has 4 heteroatoms. The maximum Gasteiger partial charge on any atom is 0.171 e. The van der Waals surface area contributed by atoms with E-state index in [0.29, 0.717) is 6.04 Å². The van der Waals surface area contributed by atoms with Crippen LogP contribution in [-0.4, -0.2) is 16.1 Å². The fraction of sp³-hybridized carbons (Fsp3) is 0.538. The predicted molar refractivity (Wildman–Crippen MR) is 72.8 cm³/mol. The molecule has 2 aliphatic carbocycles. The third-order valence-electron chi connectivity index (χ3n) is 3.97. The number of aromatic nitrogens is 1. The van der Waals surface area contributed by atoms with Gasteiger partial charge in [0.05, 0.1) is 11.9 Å². The highest BCUT2D eigenvalue weighted by Gasteiger charge is 2.39. The summed E-state index contributed by atoms with van der Waals surface area (Å²) in [6, 6.07) is 4.47. The van der Waals surface area contributed by atoms with Gasteiger partial charge >= 0.3 is 0 Å². The van der Waals surface area contributed by atoms with E-state index in [-0.39, 0.29) is 0 Å². The van der Waals surface area contributed by atoms with Crippen LogP contribution in [0, 0.1) is 11.8 Å². The molecule has 0 spiro atoms. The number of hydrogen-bond acceptors (Lipinski definition) is 2. The second-order valence-electron chi connectivity index (χ2n) is 5.12. The number of nitrogens with one attached hydrogen (secondary N) is 2. The third-order valence-corrected chi connectivity index (χ3v) is 4.19. The first kappa shape index (κ1) is 11.0. The molecule has 2 N–H and O–H groups in total. The first-order valence-electron chi connectivity index (χ1n) is 6.29. The van der Waals surface area contributed by atoms with Gasteiger partial charge in [0.25, 0.3) is 0 Å². The lowest BCUT2D eigenvalue weighted by Gasteiger charge is -2.24. The van der Waals surface area contributed by atoms with Gasteiger partial charge in [0.15, 0.2) is 5.11 Å². The molecule has 2 saturated carbocycles. The number of rotatable bonds is 2. The minimum absolute atomic E-state index is 0.588. The van der Waals surface area contributed by atoms with Crippen molar-refractivity contribution >= 4 is 23.0 Å². The lowest BCUT2D eigenvalue weighted by Crippen LogP contribution is -2.40. The summed E-state index contributed by atoms with van der Waals surface area (Å²) in [5.74, 6) is 1.78. The molecule has 3 nitrogen and oxygen atoms in total. The van der Waals surface area contributed by atoms with E-state index in [9.17, 15) is 0 Å². The van der Waals surface area contributed by atoms with Gasteiger partial charge in [0.1, 0.15) is 0 Å². The maximum atomic E-state index is 5.34. The highest BCUT2D eigenvalue weighted by atomic mass is 32.1. The number of nitrogens with zero attached hydrogens (tertiary/aromatic N) is 1. The Balaban J connectivity index is 1.54. The number of thiocarbonyl (C=S) groups is 1. The molecule has 2 fully saturated rings. The maximum absolute atomic E-state index is 5.34. The van der Waals surface area contributed by atoms with Gasteiger partial charge in [-0.2, -0.15) is 0 Å². The van der Waals surface area contributed by atoms with Gasteiger partial charge in [0, 0.05) is 12.2 Å². The Morgan fingerprint density at radius 1 is 1.35 bits per heavy atom. The smallest absolute Gasteiger partial charge is 0.171 e. The van der Waals surface area contributed by atoms with Crippen LogP contribution in [0.4, 0.5) is 5.69 Å². The summed E-state index contributed by atoms with van der Waals surface area (Å²) in [5, 5.41) is 7.37. The van der Waals surface area contributed by atoms with Crippen molar-refractivity contribution in [1.82, 2.24) is 10.3 Å². The van der Waals surface area contributed by atoms with E-state index in [2.05, 4.69) is 15.6 Å². The van der Waals surface area contributed by atoms with Gasteiger partial charge in [-0.15, -0.1) is 0 Å². The normalized spacial score (nSPS) is 30.2. The predicted octanol–water partition coefficient (Wildman–Crippen LogP) is 2.56. The molecule has 0 unspecified atom stereocenters. The molecule has 2 aliphatic rings. The summed E-state index contributed by atoms with van der Waals surface area (Å²) < 4.78 is 0. The van der Waals surface area contributed by atoms with Crippen molar-refractivity contribution in [1.29, 1.82) is 0 Å². The minimum Gasteiger partial charge on any atom is -0.359 e. The average molecular weight is 247 g/mol. The second-order valence-corrected chi connectivity index (χ2v) is 5.53. The van der Waals surface area contributed by atoms with Crippen LogP contribution in [0.3, 0.4) is 0 Å². The number of pyridine rings is 1. The van der Waals surface area contributed by atoms with Crippen LogP contribution in [0.2, 0.25) is 0 Å². The van der Waals surface area contributed by atoms with Gasteiger partial charge in [-0.25, -0.2) is 0 Å². The highest BCUT2D eigenvalue weighted by Crippen LogP contribution is 2.44. The van der Waals surface area contributed by atoms with Crippen LogP contribution in [0.25, 0.3) is 0 Å². The van der Waals surface area contributed by atoms with Crippen LogP contribution in [0.1, 0.15) is 25.7 Å². The second kappa shape index (κ2) is 4.61. The van der Waals surface area contributed by atoms with Crippen molar-refractivity contribution in [2.24, 2.45) is 11.8 Å². The van der Waals surface area contributed by atoms with Gasteiger partial charge in [-0.3, -0.25) is 4.98 Å². The summed E-state index contributed by atoms with van der Waals surface area (Å²) in [7, 11) is 0. The van der Waals surface area contributed by atoms with Crippen LogP contribution in [0.15, 0.2) is 24.5 Å².